The molecule has 0 spiro atoms. The summed E-state index contributed by atoms with van der Waals surface area (Å²) in [6.07, 6.45) is 1.27. The Labute approximate surface area is 137 Å². The lowest BCUT2D eigenvalue weighted by Crippen LogP contribution is -2.39. The minimum Gasteiger partial charge on any atom is -0.333 e. The van der Waals surface area contributed by atoms with Crippen LogP contribution >= 0.6 is 11.3 Å². The molecule has 0 aliphatic heterocycles. The zero-order chi connectivity index (χ0) is 16.9. The van der Waals surface area contributed by atoms with Gasteiger partial charge in [-0.15, -0.1) is 11.3 Å². The van der Waals surface area contributed by atoms with Crippen molar-refractivity contribution in [3.05, 3.63) is 10.6 Å². The average Bonchev–Trinajstić information content (AvgIpc) is 2.65. The summed E-state index contributed by atoms with van der Waals surface area (Å²) in [7, 11) is 0. The second kappa shape index (κ2) is 7.72. The van der Waals surface area contributed by atoms with Gasteiger partial charge in [-0.05, 0) is 25.7 Å². The van der Waals surface area contributed by atoms with Crippen LogP contribution in [0.5, 0.6) is 0 Å². The van der Waals surface area contributed by atoms with Crippen LogP contribution in [0.15, 0.2) is 0 Å². The standard InChI is InChI=1S/C16H27N3O2S/c1-7-8-19(14(21)9-16(4,5)6)10-13(20)18-15-17-11(2)12(3)22-15/h7-10H2,1-6H3,(H,17,18,20). The molecule has 1 heterocycles. The number of amides is 2. The number of nitrogens with one attached hydrogen (secondary N) is 1. The average molecular weight is 325 g/mol. The van der Waals surface area contributed by atoms with E-state index in [1.54, 1.807) is 4.90 Å². The van der Waals surface area contributed by atoms with Gasteiger partial charge in [-0.1, -0.05) is 27.7 Å². The molecule has 1 N–H and O–H groups in total. The summed E-state index contributed by atoms with van der Waals surface area (Å²) in [4.78, 5) is 31.5. The van der Waals surface area contributed by atoms with Crippen molar-refractivity contribution >= 4 is 28.3 Å². The van der Waals surface area contributed by atoms with Crippen molar-refractivity contribution in [2.45, 2.75) is 54.4 Å². The fraction of sp³-hybridized carbons (Fsp3) is 0.688. The van der Waals surface area contributed by atoms with Crippen LogP contribution in [-0.2, 0) is 9.59 Å². The van der Waals surface area contributed by atoms with Crippen LogP contribution in [0.3, 0.4) is 0 Å². The Morgan fingerprint density at radius 2 is 1.91 bits per heavy atom. The van der Waals surface area contributed by atoms with E-state index in [0.29, 0.717) is 18.1 Å². The van der Waals surface area contributed by atoms with Gasteiger partial charge in [0.2, 0.25) is 11.8 Å². The van der Waals surface area contributed by atoms with E-state index >= 15 is 0 Å². The van der Waals surface area contributed by atoms with E-state index in [9.17, 15) is 9.59 Å². The minimum atomic E-state index is -0.190. The molecule has 0 radical (unpaired) electrons. The first kappa shape index (κ1) is 18.6. The van der Waals surface area contributed by atoms with Crippen LogP contribution in [0.25, 0.3) is 0 Å². The van der Waals surface area contributed by atoms with Crippen LogP contribution in [0.4, 0.5) is 5.13 Å². The highest BCUT2D eigenvalue weighted by atomic mass is 32.1. The predicted octanol–water partition coefficient (Wildman–Crippen LogP) is 3.37. The number of anilines is 1. The summed E-state index contributed by atoms with van der Waals surface area (Å²) >= 11 is 1.46. The van der Waals surface area contributed by atoms with Gasteiger partial charge in [0.1, 0.15) is 0 Å². The Morgan fingerprint density at radius 1 is 1.27 bits per heavy atom. The topological polar surface area (TPSA) is 62.3 Å². The van der Waals surface area contributed by atoms with Crippen LogP contribution in [0.1, 0.15) is 51.1 Å². The number of carbonyl (C=O) groups excluding carboxylic acids is 2. The number of aromatic nitrogens is 1. The molecule has 0 aliphatic rings. The second-order valence-electron chi connectivity index (χ2n) is 6.76. The van der Waals surface area contributed by atoms with Crippen LogP contribution in [0.2, 0.25) is 0 Å². The number of carbonyl (C=O) groups is 2. The molecule has 124 valence electrons. The molecule has 0 bridgehead atoms. The van der Waals surface area contributed by atoms with Crippen molar-refractivity contribution in [2.24, 2.45) is 5.41 Å². The van der Waals surface area contributed by atoms with Gasteiger partial charge >= 0.3 is 0 Å². The van der Waals surface area contributed by atoms with Crippen LogP contribution < -0.4 is 5.32 Å². The van der Waals surface area contributed by atoms with Crippen molar-refractivity contribution in [3.8, 4) is 0 Å². The van der Waals surface area contributed by atoms with Crippen LogP contribution in [0, 0.1) is 19.3 Å². The van der Waals surface area contributed by atoms with Gasteiger partial charge in [-0.25, -0.2) is 4.98 Å². The van der Waals surface area contributed by atoms with Gasteiger partial charge in [0, 0.05) is 17.8 Å². The first-order valence-corrected chi connectivity index (χ1v) is 8.45. The van der Waals surface area contributed by atoms with Crippen molar-refractivity contribution in [2.75, 3.05) is 18.4 Å². The second-order valence-corrected chi connectivity index (χ2v) is 7.96. The molecular weight excluding hydrogens is 298 g/mol. The molecule has 0 saturated carbocycles. The predicted molar refractivity (Wildman–Crippen MR) is 91.2 cm³/mol. The molecule has 5 nitrogen and oxygen atoms in total. The highest BCUT2D eigenvalue weighted by Crippen LogP contribution is 2.22. The zero-order valence-corrected chi connectivity index (χ0v) is 15.3. The van der Waals surface area contributed by atoms with Crippen LogP contribution in [-0.4, -0.2) is 34.8 Å². The van der Waals surface area contributed by atoms with E-state index in [0.717, 1.165) is 17.0 Å². The third-order valence-corrected chi connectivity index (χ3v) is 4.13. The summed E-state index contributed by atoms with van der Waals surface area (Å²) in [5.41, 5.74) is 0.845. The lowest BCUT2D eigenvalue weighted by Gasteiger charge is -2.25. The summed E-state index contributed by atoms with van der Waals surface area (Å²) in [6.45, 7) is 12.6. The van der Waals surface area contributed by atoms with E-state index < -0.39 is 0 Å². The highest BCUT2D eigenvalue weighted by Gasteiger charge is 2.22. The van der Waals surface area contributed by atoms with Gasteiger partial charge in [0.15, 0.2) is 5.13 Å². The Balaban J connectivity index is 2.65. The maximum absolute atomic E-state index is 12.3. The highest BCUT2D eigenvalue weighted by molar-refractivity contribution is 7.15. The first-order valence-electron chi connectivity index (χ1n) is 7.64. The summed E-state index contributed by atoms with van der Waals surface area (Å²) in [5, 5.41) is 3.38. The molecule has 0 unspecified atom stereocenters. The third kappa shape index (κ3) is 6.13. The molecule has 1 aromatic heterocycles. The molecule has 1 aromatic rings. The van der Waals surface area contributed by atoms with E-state index in [4.69, 9.17) is 0 Å². The fourth-order valence-electron chi connectivity index (χ4n) is 1.99. The molecule has 22 heavy (non-hydrogen) atoms. The monoisotopic (exact) mass is 325 g/mol. The van der Waals surface area contributed by atoms with Crippen molar-refractivity contribution in [1.29, 1.82) is 0 Å². The van der Waals surface area contributed by atoms with E-state index in [2.05, 4.69) is 10.3 Å². The number of nitrogens with zero attached hydrogens (tertiary/aromatic N) is 2. The molecule has 0 fully saturated rings. The molecule has 0 aliphatic carbocycles. The summed E-state index contributed by atoms with van der Waals surface area (Å²) in [6, 6.07) is 0. The number of hydrogen-bond donors (Lipinski definition) is 1. The lowest BCUT2D eigenvalue weighted by molar-refractivity contribution is -0.136. The fourth-order valence-corrected chi connectivity index (χ4v) is 2.82. The van der Waals surface area contributed by atoms with E-state index in [-0.39, 0.29) is 23.8 Å². The number of thiazole rings is 1. The summed E-state index contributed by atoms with van der Waals surface area (Å²) in [5.74, 6) is -0.166. The van der Waals surface area contributed by atoms with Gasteiger partial charge < -0.3 is 10.2 Å². The smallest absolute Gasteiger partial charge is 0.245 e. The van der Waals surface area contributed by atoms with Gasteiger partial charge in [0.05, 0.1) is 12.2 Å². The van der Waals surface area contributed by atoms with E-state index in [1.165, 1.54) is 11.3 Å². The Morgan fingerprint density at radius 3 is 2.36 bits per heavy atom. The number of hydrogen-bond acceptors (Lipinski definition) is 4. The summed E-state index contributed by atoms with van der Waals surface area (Å²) < 4.78 is 0. The molecule has 0 atom stereocenters. The molecule has 6 heteroatoms. The number of rotatable bonds is 6. The minimum absolute atomic E-state index is 0.0241. The maximum atomic E-state index is 12.3. The van der Waals surface area contributed by atoms with Crippen molar-refractivity contribution in [1.82, 2.24) is 9.88 Å². The maximum Gasteiger partial charge on any atom is 0.245 e. The molecule has 0 saturated heterocycles. The van der Waals surface area contributed by atoms with Gasteiger partial charge in [-0.3, -0.25) is 9.59 Å². The van der Waals surface area contributed by atoms with Gasteiger partial charge in [0.25, 0.3) is 0 Å². The normalized spacial score (nSPS) is 11.4. The Kier molecular flexibility index (Phi) is 6.53. The largest absolute Gasteiger partial charge is 0.333 e. The first-order chi connectivity index (χ1) is 10.1. The Hall–Kier alpha value is -1.43. The molecule has 2 amide bonds. The molecule has 1 rings (SSSR count). The zero-order valence-electron chi connectivity index (χ0n) is 14.4. The van der Waals surface area contributed by atoms with Gasteiger partial charge in [-0.2, -0.15) is 0 Å². The third-order valence-electron chi connectivity index (χ3n) is 3.14. The van der Waals surface area contributed by atoms with Crippen molar-refractivity contribution < 1.29 is 9.59 Å². The SMILES string of the molecule is CCCN(CC(=O)Nc1nc(C)c(C)s1)C(=O)CC(C)(C)C. The molecule has 0 aromatic carbocycles. The number of aryl methyl sites for hydroxylation is 2. The lowest BCUT2D eigenvalue weighted by atomic mass is 9.91. The van der Waals surface area contributed by atoms with E-state index in [1.807, 2.05) is 41.5 Å². The molecular formula is C16H27N3O2S. The van der Waals surface area contributed by atoms with Crippen molar-refractivity contribution in [3.63, 3.8) is 0 Å². The Bertz CT molecular complexity index is 512. The quantitative estimate of drug-likeness (QED) is 0.872.